The number of halogens is 1. The second kappa shape index (κ2) is 7.08. The quantitative estimate of drug-likeness (QED) is 0.858. The molecule has 0 aliphatic heterocycles. The normalized spacial score (nSPS) is 11.6. The topological polar surface area (TPSA) is 40.5 Å². The van der Waals surface area contributed by atoms with E-state index in [1.165, 1.54) is 0 Å². The van der Waals surface area contributed by atoms with Gasteiger partial charge in [-0.25, -0.2) is 0 Å². The van der Waals surface area contributed by atoms with E-state index in [2.05, 4.69) is 0 Å². The van der Waals surface area contributed by atoms with Gasteiger partial charge in [-0.15, -0.1) is 0 Å². The third-order valence-electron chi connectivity index (χ3n) is 3.87. The molecule has 0 spiro atoms. The molecule has 0 aliphatic carbocycles. The fourth-order valence-electron chi connectivity index (χ4n) is 2.56. The highest BCUT2D eigenvalue weighted by Crippen LogP contribution is 2.30. The molecule has 0 fully saturated rings. The summed E-state index contributed by atoms with van der Waals surface area (Å²) >= 11 is 6.29. The fraction of sp³-hybridized carbons (Fsp3) is 0.333. The van der Waals surface area contributed by atoms with Gasteiger partial charge in [0.05, 0.1) is 13.2 Å². The van der Waals surface area contributed by atoms with Crippen LogP contribution in [-0.4, -0.2) is 23.4 Å². The van der Waals surface area contributed by atoms with Gasteiger partial charge in [0.2, 0.25) is 0 Å². The number of aliphatic hydroxyl groups excluding tert-OH is 2. The molecule has 2 N–H and O–H groups in total. The Kier molecular flexibility index (Phi) is 5.40. The van der Waals surface area contributed by atoms with Gasteiger partial charge in [-0.1, -0.05) is 54.1 Å². The van der Waals surface area contributed by atoms with Crippen LogP contribution in [0.5, 0.6) is 0 Å². The molecular weight excluding hydrogens is 284 g/mol. The molecule has 2 aromatic rings. The van der Waals surface area contributed by atoms with Gasteiger partial charge < -0.3 is 10.2 Å². The van der Waals surface area contributed by atoms with Gasteiger partial charge in [0.1, 0.15) is 0 Å². The first-order valence-corrected chi connectivity index (χ1v) is 7.47. The second-order valence-electron chi connectivity index (χ2n) is 5.75. The zero-order chi connectivity index (χ0) is 15.3. The molecule has 0 atom stereocenters. The Bertz CT molecular complexity index is 577. The third-order valence-corrected chi connectivity index (χ3v) is 4.22. The maximum Gasteiger partial charge on any atom is 0.0515 e. The lowest BCUT2D eigenvalue weighted by molar-refractivity contribution is 0.0548. The average Bonchev–Trinajstić information content (AvgIpc) is 2.50. The zero-order valence-electron chi connectivity index (χ0n) is 12.2. The first-order valence-electron chi connectivity index (χ1n) is 7.09. The van der Waals surface area contributed by atoms with E-state index in [0.29, 0.717) is 17.9 Å². The van der Waals surface area contributed by atoms with Crippen LogP contribution >= 0.6 is 11.6 Å². The summed E-state index contributed by atoms with van der Waals surface area (Å²) in [6.45, 7) is 1.83. The van der Waals surface area contributed by atoms with Gasteiger partial charge in [0.15, 0.2) is 0 Å². The van der Waals surface area contributed by atoms with Crippen LogP contribution in [0.2, 0.25) is 5.02 Å². The van der Waals surface area contributed by atoms with E-state index < -0.39 is 5.41 Å². The highest BCUT2D eigenvalue weighted by atomic mass is 35.5. The minimum absolute atomic E-state index is 0.0808. The summed E-state index contributed by atoms with van der Waals surface area (Å²) < 4.78 is 0. The van der Waals surface area contributed by atoms with E-state index in [1.54, 1.807) is 0 Å². The Morgan fingerprint density at radius 1 is 0.952 bits per heavy atom. The lowest BCUT2D eigenvalue weighted by Crippen LogP contribution is -2.35. The lowest BCUT2D eigenvalue weighted by Gasteiger charge is -2.30. The van der Waals surface area contributed by atoms with Crippen LogP contribution in [0.3, 0.4) is 0 Å². The Balaban J connectivity index is 2.25. The Labute approximate surface area is 131 Å². The summed E-state index contributed by atoms with van der Waals surface area (Å²) in [5.74, 6) is 0. The van der Waals surface area contributed by atoms with Crippen LogP contribution < -0.4 is 0 Å². The molecule has 2 rings (SSSR count). The van der Waals surface area contributed by atoms with Crippen LogP contribution in [-0.2, 0) is 12.8 Å². The van der Waals surface area contributed by atoms with Crippen molar-refractivity contribution in [2.75, 3.05) is 13.2 Å². The summed E-state index contributed by atoms with van der Waals surface area (Å²) in [6, 6.07) is 15.8. The zero-order valence-corrected chi connectivity index (χ0v) is 13.0. The van der Waals surface area contributed by atoms with Gasteiger partial charge in [-0.2, -0.15) is 0 Å². The van der Waals surface area contributed by atoms with Crippen LogP contribution in [0.1, 0.15) is 16.7 Å². The number of hydrogen-bond donors (Lipinski definition) is 2. The highest BCUT2D eigenvalue weighted by Gasteiger charge is 2.30. The van der Waals surface area contributed by atoms with Crippen molar-refractivity contribution in [2.45, 2.75) is 19.8 Å². The molecule has 21 heavy (non-hydrogen) atoms. The monoisotopic (exact) mass is 304 g/mol. The molecular formula is C18H21ClO2. The molecule has 0 saturated heterocycles. The van der Waals surface area contributed by atoms with Crippen molar-refractivity contribution in [3.05, 3.63) is 70.2 Å². The maximum absolute atomic E-state index is 9.84. The maximum atomic E-state index is 9.84. The summed E-state index contributed by atoms with van der Waals surface area (Å²) in [5.41, 5.74) is 2.57. The van der Waals surface area contributed by atoms with E-state index in [9.17, 15) is 10.2 Å². The van der Waals surface area contributed by atoms with Crippen LogP contribution in [0.25, 0.3) is 0 Å². The molecule has 0 saturated carbocycles. The van der Waals surface area contributed by atoms with E-state index in [4.69, 9.17) is 11.6 Å². The molecule has 0 amide bonds. The highest BCUT2D eigenvalue weighted by molar-refractivity contribution is 6.31. The lowest BCUT2D eigenvalue weighted by atomic mass is 9.78. The minimum Gasteiger partial charge on any atom is -0.396 e. The number of hydrogen-bond acceptors (Lipinski definition) is 2. The van der Waals surface area contributed by atoms with Crippen molar-refractivity contribution in [3.8, 4) is 0 Å². The van der Waals surface area contributed by atoms with Gasteiger partial charge in [-0.3, -0.25) is 0 Å². The molecule has 0 heterocycles. The van der Waals surface area contributed by atoms with Crippen molar-refractivity contribution in [1.29, 1.82) is 0 Å². The Hall–Kier alpha value is -1.35. The molecule has 0 aliphatic rings. The first-order chi connectivity index (χ1) is 10.1. The van der Waals surface area contributed by atoms with Crippen LogP contribution in [0.4, 0.5) is 0 Å². The van der Waals surface area contributed by atoms with Gasteiger partial charge >= 0.3 is 0 Å². The average molecular weight is 305 g/mol. The Morgan fingerprint density at radius 2 is 1.62 bits per heavy atom. The number of rotatable bonds is 6. The fourth-order valence-corrected chi connectivity index (χ4v) is 2.87. The largest absolute Gasteiger partial charge is 0.396 e. The van der Waals surface area contributed by atoms with Crippen molar-refractivity contribution in [2.24, 2.45) is 5.41 Å². The molecule has 2 aromatic carbocycles. The standard InChI is InChI=1S/C18H21ClO2/c1-14-7-8-16(17(19)9-14)11-18(12-20,13-21)10-15-5-3-2-4-6-15/h2-9,20-21H,10-13H2,1H3. The van der Waals surface area contributed by atoms with Crippen molar-refractivity contribution < 1.29 is 10.2 Å². The van der Waals surface area contributed by atoms with Crippen molar-refractivity contribution in [3.63, 3.8) is 0 Å². The third kappa shape index (κ3) is 4.07. The van der Waals surface area contributed by atoms with E-state index >= 15 is 0 Å². The van der Waals surface area contributed by atoms with E-state index in [0.717, 1.165) is 16.7 Å². The minimum atomic E-state index is -0.597. The summed E-state index contributed by atoms with van der Waals surface area (Å²) in [5, 5.41) is 20.4. The first kappa shape index (κ1) is 16.0. The SMILES string of the molecule is Cc1ccc(CC(CO)(CO)Cc2ccccc2)c(Cl)c1. The van der Waals surface area contributed by atoms with Crippen LogP contribution in [0.15, 0.2) is 48.5 Å². The molecule has 0 bridgehead atoms. The van der Waals surface area contributed by atoms with Crippen molar-refractivity contribution >= 4 is 11.6 Å². The van der Waals surface area contributed by atoms with E-state index in [1.807, 2.05) is 55.5 Å². The summed E-state index contributed by atoms with van der Waals surface area (Å²) in [7, 11) is 0. The van der Waals surface area contributed by atoms with Crippen molar-refractivity contribution in [1.82, 2.24) is 0 Å². The summed E-state index contributed by atoms with van der Waals surface area (Å²) in [4.78, 5) is 0. The molecule has 0 aromatic heterocycles. The molecule has 2 nitrogen and oxygen atoms in total. The predicted octanol–water partition coefficient (Wildman–Crippen LogP) is 3.40. The summed E-state index contributed by atoms with van der Waals surface area (Å²) in [6.07, 6.45) is 1.17. The molecule has 0 radical (unpaired) electrons. The Morgan fingerprint density at radius 3 is 2.19 bits per heavy atom. The second-order valence-corrected chi connectivity index (χ2v) is 6.16. The smallest absolute Gasteiger partial charge is 0.0515 e. The number of aliphatic hydroxyl groups is 2. The molecule has 112 valence electrons. The van der Waals surface area contributed by atoms with Gasteiger partial charge in [0, 0.05) is 10.4 Å². The molecule has 0 unspecified atom stereocenters. The van der Waals surface area contributed by atoms with Gasteiger partial charge in [-0.05, 0) is 42.5 Å². The van der Waals surface area contributed by atoms with Crippen LogP contribution in [0, 0.1) is 12.3 Å². The van der Waals surface area contributed by atoms with Gasteiger partial charge in [0.25, 0.3) is 0 Å². The number of aryl methyl sites for hydroxylation is 1. The predicted molar refractivity (Wildman–Crippen MR) is 86.6 cm³/mol. The molecule has 3 heteroatoms. The van der Waals surface area contributed by atoms with E-state index in [-0.39, 0.29) is 13.2 Å². The number of benzene rings is 2.